The lowest BCUT2D eigenvalue weighted by Gasteiger charge is -2.30. The number of carbonyl (C=O) groups excluding carboxylic acids is 2. The summed E-state index contributed by atoms with van der Waals surface area (Å²) in [4.78, 5) is 25.8. The van der Waals surface area contributed by atoms with Gasteiger partial charge in [0.25, 0.3) is 5.91 Å². The van der Waals surface area contributed by atoms with Crippen LogP contribution in [0.2, 0.25) is 0 Å². The van der Waals surface area contributed by atoms with Gasteiger partial charge in [-0.3, -0.25) is 14.3 Å². The van der Waals surface area contributed by atoms with Crippen molar-refractivity contribution in [2.45, 2.75) is 12.5 Å². The number of benzene rings is 1. The maximum atomic E-state index is 12.5. The molecule has 25 heavy (non-hydrogen) atoms. The van der Waals surface area contributed by atoms with E-state index in [0.717, 1.165) is 5.56 Å². The van der Waals surface area contributed by atoms with Crippen molar-refractivity contribution in [3.05, 3.63) is 41.7 Å². The van der Waals surface area contributed by atoms with E-state index in [0.29, 0.717) is 23.7 Å². The number of para-hydroxylation sites is 2. The minimum absolute atomic E-state index is 0.151. The third-order valence-electron chi connectivity index (χ3n) is 4.15. The summed E-state index contributed by atoms with van der Waals surface area (Å²) in [6.45, 7) is 0.427. The van der Waals surface area contributed by atoms with Gasteiger partial charge < -0.3 is 20.1 Å². The van der Waals surface area contributed by atoms with E-state index in [1.807, 2.05) is 6.07 Å². The molecule has 2 aromatic rings. The van der Waals surface area contributed by atoms with Crippen LogP contribution in [0.5, 0.6) is 11.5 Å². The number of hydrogen-bond donors (Lipinski definition) is 1. The number of aryl methyl sites for hydroxylation is 1. The predicted molar refractivity (Wildman–Crippen MR) is 89.0 cm³/mol. The normalized spacial score (nSPS) is 16.2. The Kier molecular flexibility index (Phi) is 4.60. The first-order valence-electron chi connectivity index (χ1n) is 7.85. The zero-order valence-corrected chi connectivity index (χ0v) is 14.1. The fourth-order valence-electron chi connectivity index (χ4n) is 2.93. The number of methoxy groups -OCH3 is 1. The molecule has 1 aromatic carbocycles. The van der Waals surface area contributed by atoms with Crippen LogP contribution in [0.1, 0.15) is 17.2 Å². The molecule has 0 fully saturated rings. The topological polar surface area (TPSA) is 99.7 Å². The number of nitrogens with two attached hydrogens (primary N) is 1. The molecular formula is C17H20N4O4. The fraction of sp³-hybridized carbons (Fsp3) is 0.353. The summed E-state index contributed by atoms with van der Waals surface area (Å²) in [6, 6.07) is 7.10. The number of ether oxygens (including phenoxy) is 2. The van der Waals surface area contributed by atoms with Crippen LogP contribution in [-0.4, -0.2) is 46.8 Å². The number of nitrogens with zero attached hydrogens (tertiary/aromatic N) is 3. The second-order valence-electron chi connectivity index (χ2n) is 5.88. The SMILES string of the molecule is COc1ccccc1OCC(=O)N1Cc2cn(C)nc2[C@H](C(N)=O)C1. The van der Waals surface area contributed by atoms with Crippen molar-refractivity contribution < 1.29 is 19.1 Å². The maximum absolute atomic E-state index is 12.5. The van der Waals surface area contributed by atoms with Crippen LogP contribution in [0.25, 0.3) is 0 Å². The summed E-state index contributed by atoms with van der Waals surface area (Å²) in [7, 11) is 3.31. The lowest BCUT2D eigenvalue weighted by molar-refractivity contribution is -0.135. The van der Waals surface area contributed by atoms with E-state index >= 15 is 0 Å². The van der Waals surface area contributed by atoms with Crippen LogP contribution in [0.4, 0.5) is 0 Å². The summed E-state index contributed by atoms with van der Waals surface area (Å²) in [6.07, 6.45) is 1.80. The average molecular weight is 344 g/mol. The largest absolute Gasteiger partial charge is 0.493 e. The molecule has 0 radical (unpaired) electrons. The smallest absolute Gasteiger partial charge is 0.260 e. The molecule has 132 valence electrons. The van der Waals surface area contributed by atoms with Crippen molar-refractivity contribution in [2.24, 2.45) is 12.8 Å². The molecule has 1 aliphatic heterocycles. The van der Waals surface area contributed by atoms with Gasteiger partial charge in [-0.2, -0.15) is 5.10 Å². The molecule has 2 heterocycles. The number of hydrogen-bond acceptors (Lipinski definition) is 5. The molecule has 0 aliphatic carbocycles. The first-order valence-corrected chi connectivity index (χ1v) is 7.85. The van der Waals surface area contributed by atoms with Gasteiger partial charge in [-0.1, -0.05) is 12.1 Å². The minimum Gasteiger partial charge on any atom is -0.493 e. The number of fused-ring (bicyclic) bond motifs is 1. The highest BCUT2D eigenvalue weighted by Crippen LogP contribution is 2.28. The molecule has 1 atom stereocenters. The lowest BCUT2D eigenvalue weighted by Crippen LogP contribution is -2.44. The summed E-state index contributed by atoms with van der Waals surface area (Å²) in [5.74, 6) is -0.294. The number of rotatable bonds is 5. The molecule has 0 bridgehead atoms. The highest BCUT2D eigenvalue weighted by Gasteiger charge is 2.34. The van der Waals surface area contributed by atoms with Crippen LogP contribution in [0.15, 0.2) is 30.5 Å². The van der Waals surface area contributed by atoms with E-state index in [1.54, 1.807) is 41.0 Å². The van der Waals surface area contributed by atoms with Crippen molar-refractivity contribution in [3.63, 3.8) is 0 Å². The third kappa shape index (κ3) is 3.42. The first-order chi connectivity index (χ1) is 12.0. The van der Waals surface area contributed by atoms with E-state index < -0.39 is 11.8 Å². The zero-order valence-electron chi connectivity index (χ0n) is 14.1. The Morgan fingerprint density at radius 3 is 2.72 bits per heavy atom. The molecule has 8 heteroatoms. The lowest BCUT2D eigenvalue weighted by atomic mass is 9.96. The molecule has 3 rings (SSSR count). The molecule has 1 aliphatic rings. The number of amides is 2. The van der Waals surface area contributed by atoms with E-state index in [-0.39, 0.29) is 19.1 Å². The maximum Gasteiger partial charge on any atom is 0.260 e. The molecule has 0 saturated heterocycles. The predicted octanol–water partition coefficient (Wildman–Crippen LogP) is 0.419. The van der Waals surface area contributed by atoms with Gasteiger partial charge in [-0.25, -0.2) is 0 Å². The van der Waals surface area contributed by atoms with Crippen molar-refractivity contribution >= 4 is 11.8 Å². The van der Waals surface area contributed by atoms with Gasteiger partial charge in [0.05, 0.1) is 18.7 Å². The molecule has 0 spiro atoms. The first kappa shape index (κ1) is 16.8. The Labute approximate surface area is 145 Å². The van der Waals surface area contributed by atoms with E-state index in [2.05, 4.69) is 5.10 Å². The number of primary amides is 1. The van der Waals surface area contributed by atoms with Crippen LogP contribution >= 0.6 is 0 Å². The monoisotopic (exact) mass is 344 g/mol. The summed E-state index contributed by atoms with van der Waals surface area (Å²) in [5.41, 5.74) is 6.95. The second kappa shape index (κ2) is 6.84. The average Bonchev–Trinajstić information content (AvgIpc) is 2.98. The van der Waals surface area contributed by atoms with Gasteiger partial charge in [0, 0.05) is 31.9 Å². The fourth-order valence-corrected chi connectivity index (χ4v) is 2.93. The Morgan fingerprint density at radius 2 is 2.04 bits per heavy atom. The number of aromatic nitrogens is 2. The Morgan fingerprint density at radius 1 is 1.32 bits per heavy atom. The van der Waals surface area contributed by atoms with Gasteiger partial charge in [0.2, 0.25) is 5.91 Å². The molecule has 2 N–H and O–H groups in total. The Hall–Kier alpha value is -3.03. The second-order valence-corrected chi connectivity index (χ2v) is 5.88. The molecule has 0 saturated carbocycles. The standard InChI is InChI=1S/C17H20N4O4/c1-20-7-11-8-21(9-12(17(18)23)16(11)19-20)15(22)10-25-14-6-4-3-5-13(14)24-2/h3-7,12H,8-10H2,1-2H3,(H2,18,23)/t12-/m1/s1. The van der Waals surface area contributed by atoms with Crippen molar-refractivity contribution in [1.29, 1.82) is 0 Å². The Bertz CT molecular complexity index is 802. The van der Waals surface area contributed by atoms with Gasteiger partial charge in [-0.15, -0.1) is 0 Å². The summed E-state index contributed by atoms with van der Waals surface area (Å²) < 4.78 is 12.4. The quantitative estimate of drug-likeness (QED) is 0.847. The van der Waals surface area contributed by atoms with Crippen LogP contribution in [0, 0.1) is 0 Å². The third-order valence-corrected chi connectivity index (χ3v) is 4.15. The number of carbonyl (C=O) groups is 2. The van der Waals surface area contributed by atoms with E-state index in [4.69, 9.17) is 15.2 Å². The van der Waals surface area contributed by atoms with Crippen LogP contribution in [0.3, 0.4) is 0 Å². The molecular weight excluding hydrogens is 324 g/mol. The summed E-state index contributed by atoms with van der Waals surface area (Å²) >= 11 is 0. The molecule has 0 unspecified atom stereocenters. The van der Waals surface area contributed by atoms with Crippen molar-refractivity contribution in [2.75, 3.05) is 20.3 Å². The molecule has 2 amide bonds. The van der Waals surface area contributed by atoms with Crippen molar-refractivity contribution in [3.8, 4) is 11.5 Å². The van der Waals surface area contributed by atoms with Crippen molar-refractivity contribution in [1.82, 2.24) is 14.7 Å². The zero-order chi connectivity index (χ0) is 18.0. The van der Waals surface area contributed by atoms with Crippen LogP contribution in [-0.2, 0) is 23.2 Å². The van der Waals surface area contributed by atoms with E-state index in [1.165, 1.54) is 7.11 Å². The summed E-state index contributed by atoms with van der Waals surface area (Å²) in [5, 5.41) is 4.29. The van der Waals surface area contributed by atoms with Gasteiger partial charge in [0.15, 0.2) is 18.1 Å². The minimum atomic E-state index is -0.611. The molecule has 8 nitrogen and oxygen atoms in total. The van der Waals surface area contributed by atoms with Gasteiger partial charge in [0.1, 0.15) is 0 Å². The van der Waals surface area contributed by atoms with Gasteiger partial charge >= 0.3 is 0 Å². The Balaban J connectivity index is 1.71. The van der Waals surface area contributed by atoms with Gasteiger partial charge in [-0.05, 0) is 12.1 Å². The van der Waals surface area contributed by atoms with Crippen LogP contribution < -0.4 is 15.2 Å². The highest BCUT2D eigenvalue weighted by atomic mass is 16.5. The molecule has 1 aromatic heterocycles. The highest BCUT2D eigenvalue weighted by molar-refractivity contribution is 5.85. The van der Waals surface area contributed by atoms with E-state index in [9.17, 15) is 9.59 Å².